The van der Waals surface area contributed by atoms with Gasteiger partial charge in [-0.1, -0.05) is 18.2 Å². The fourth-order valence-corrected chi connectivity index (χ4v) is 1.44. The van der Waals surface area contributed by atoms with Crippen LogP contribution in [0.3, 0.4) is 0 Å². The number of nitrogens with zero attached hydrogens (tertiary/aromatic N) is 1. The molecule has 0 aliphatic heterocycles. The number of hydrogen-bond acceptors (Lipinski definition) is 3. The van der Waals surface area contributed by atoms with Gasteiger partial charge in [-0.05, 0) is 18.1 Å². The summed E-state index contributed by atoms with van der Waals surface area (Å²) in [6, 6.07) is 6.42. The van der Waals surface area contributed by atoms with Crippen molar-refractivity contribution >= 4 is 11.9 Å². The zero-order chi connectivity index (χ0) is 13.5. The van der Waals surface area contributed by atoms with Gasteiger partial charge in [-0.25, -0.2) is 4.39 Å². The quantitative estimate of drug-likeness (QED) is 0.588. The molecule has 0 radical (unpaired) electrons. The van der Waals surface area contributed by atoms with Gasteiger partial charge in [-0.3, -0.25) is 9.59 Å². The largest absolute Gasteiger partial charge is 0.469 e. The van der Waals surface area contributed by atoms with Crippen molar-refractivity contribution in [3.63, 3.8) is 0 Å². The van der Waals surface area contributed by atoms with Crippen LogP contribution in [0.1, 0.15) is 12.0 Å². The zero-order valence-electron chi connectivity index (χ0n) is 10.5. The Morgan fingerprint density at radius 3 is 2.61 bits per heavy atom. The molecule has 98 valence electrons. The molecule has 0 spiro atoms. The number of amides is 1. The number of methoxy groups -OCH3 is 1. The van der Waals surface area contributed by atoms with E-state index in [1.165, 1.54) is 18.1 Å². The molecule has 5 heteroatoms. The van der Waals surface area contributed by atoms with Crippen molar-refractivity contribution in [2.75, 3.05) is 20.7 Å². The molecule has 0 bridgehead atoms. The van der Waals surface area contributed by atoms with E-state index in [-0.39, 0.29) is 18.1 Å². The smallest absolute Gasteiger partial charge is 0.315 e. The normalized spacial score (nSPS) is 9.94. The molecule has 1 aromatic carbocycles. The van der Waals surface area contributed by atoms with Crippen LogP contribution in [-0.2, 0) is 20.7 Å². The van der Waals surface area contributed by atoms with E-state index in [4.69, 9.17) is 0 Å². The van der Waals surface area contributed by atoms with Gasteiger partial charge in [0.05, 0.1) is 7.11 Å². The first-order valence-corrected chi connectivity index (χ1v) is 5.58. The predicted octanol–water partition coefficient (Wildman–Crippen LogP) is 1.39. The van der Waals surface area contributed by atoms with Gasteiger partial charge in [0.25, 0.3) is 0 Å². The van der Waals surface area contributed by atoms with Gasteiger partial charge in [0, 0.05) is 13.6 Å². The van der Waals surface area contributed by atoms with E-state index in [9.17, 15) is 14.0 Å². The van der Waals surface area contributed by atoms with Crippen molar-refractivity contribution < 1.29 is 18.7 Å². The molecule has 18 heavy (non-hydrogen) atoms. The molecule has 1 amide bonds. The minimum Gasteiger partial charge on any atom is -0.469 e. The van der Waals surface area contributed by atoms with Crippen LogP contribution in [0, 0.1) is 5.82 Å². The molecule has 0 aliphatic rings. The summed E-state index contributed by atoms with van der Waals surface area (Å²) in [5.41, 5.74) is 0.551. The second-order valence-corrected chi connectivity index (χ2v) is 3.91. The third-order valence-corrected chi connectivity index (χ3v) is 2.62. The van der Waals surface area contributed by atoms with E-state index in [1.54, 1.807) is 25.2 Å². The zero-order valence-corrected chi connectivity index (χ0v) is 10.5. The van der Waals surface area contributed by atoms with Crippen molar-refractivity contribution in [3.05, 3.63) is 35.6 Å². The van der Waals surface area contributed by atoms with Crippen molar-refractivity contribution in [3.8, 4) is 0 Å². The molecular formula is C13H16FNO3. The van der Waals surface area contributed by atoms with Crippen molar-refractivity contribution in [1.29, 1.82) is 0 Å². The van der Waals surface area contributed by atoms with Gasteiger partial charge >= 0.3 is 5.97 Å². The molecule has 0 saturated heterocycles. The summed E-state index contributed by atoms with van der Waals surface area (Å²) in [6.07, 6.45) is 0.125. The van der Waals surface area contributed by atoms with E-state index in [0.29, 0.717) is 18.5 Å². The van der Waals surface area contributed by atoms with Crippen LogP contribution in [-0.4, -0.2) is 37.5 Å². The highest BCUT2D eigenvalue weighted by Crippen LogP contribution is 2.07. The first kappa shape index (κ1) is 14.2. The van der Waals surface area contributed by atoms with Crippen LogP contribution in [0.15, 0.2) is 24.3 Å². The summed E-state index contributed by atoms with van der Waals surface area (Å²) in [6.45, 7) is 0.358. The van der Waals surface area contributed by atoms with E-state index in [2.05, 4.69) is 4.74 Å². The molecule has 0 unspecified atom stereocenters. The molecule has 0 aromatic heterocycles. The molecular weight excluding hydrogens is 237 g/mol. The highest BCUT2D eigenvalue weighted by Gasteiger charge is 2.14. The maximum atomic E-state index is 13.3. The lowest BCUT2D eigenvalue weighted by atomic mass is 10.1. The van der Waals surface area contributed by atoms with Crippen LogP contribution in [0.2, 0.25) is 0 Å². The van der Waals surface area contributed by atoms with Crippen LogP contribution in [0.4, 0.5) is 4.39 Å². The molecule has 0 aliphatic carbocycles. The summed E-state index contributed by atoms with van der Waals surface area (Å²) in [7, 11) is 2.81. The molecule has 4 nitrogen and oxygen atoms in total. The average Bonchev–Trinajstić information content (AvgIpc) is 2.37. The summed E-state index contributed by atoms with van der Waals surface area (Å²) in [4.78, 5) is 23.9. The molecule has 1 aromatic rings. The summed E-state index contributed by atoms with van der Waals surface area (Å²) in [5.74, 6) is -1.19. The molecule has 0 saturated carbocycles. The van der Waals surface area contributed by atoms with Gasteiger partial charge in [0.15, 0.2) is 0 Å². The van der Waals surface area contributed by atoms with Crippen LogP contribution in [0.25, 0.3) is 0 Å². The molecule has 1 rings (SSSR count). The van der Waals surface area contributed by atoms with Gasteiger partial charge in [-0.2, -0.15) is 0 Å². The number of carbonyl (C=O) groups excluding carboxylic acids is 2. The van der Waals surface area contributed by atoms with Gasteiger partial charge < -0.3 is 9.64 Å². The van der Waals surface area contributed by atoms with E-state index in [0.717, 1.165) is 0 Å². The van der Waals surface area contributed by atoms with Crippen molar-refractivity contribution in [2.45, 2.75) is 12.8 Å². The van der Waals surface area contributed by atoms with Gasteiger partial charge in [-0.15, -0.1) is 0 Å². The van der Waals surface area contributed by atoms with Gasteiger partial charge in [0.2, 0.25) is 5.91 Å². The maximum Gasteiger partial charge on any atom is 0.315 e. The summed E-state index contributed by atoms with van der Waals surface area (Å²) < 4.78 is 17.7. The minimum absolute atomic E-state index is 0.286. The molecule has 0 atom stereocenters. The molecule has 0 fully saturated rings. The second kappa shape index (κ2) is 6.74. The van der Waals surface area contributed by atoms with Crippen LogP contribution in [0.5, 0.6) is 0 Å². The lowest BCUT2D eigenvalue weighted by molar-refractivity contribution is -0.146. The second-order valence-electron chi connectivity index (χ2n) is 3.91. The topological polar surface area (TPSA) is 46.6 Å². The Bertz CT molecular complexity index is 434. The Hall–Kier alpha value is -1.91. The fourth-order valence-electron chi connectivity index (χ4n) is 1.44. The monoisotopic (exact) mass is 253 g/mol. The number of carbonyl (C=O) groups is 2. The maximum absolute atomic E-state index is 13.3. The number of esters is 1. The highest BCUT2D eigenvalue weighted by atomic mass is 19.1. The van der Waals surface area contributed by atoms with E-state index in [1.807, 2.05) is 0 Å². The summed E-state index contributed by atoms with van der Waals surface area (Å²) >= 11 is 0. The standard InChI is InChI=1S/C13H16FNO3/c1-15(12(16)9-13(17)18-2)8-7-10-5-3-4-6-11(10)14/h3-6H,7-9H2,1-2H3. The SMILES string of the molecule is COC(=O)CC(=O)N(C)CCc1ccccc1F. The molecule has 0 N–H and O–H groups in total. The number of halogens is 1. The lowest BCUT2D eigenvalue weighted by Crippen LogP contribution is -2.30. The summed E-state index contributed by atoms with van der Waals surface area (Å²) in [5, 5.41) is 0. The fraction of sp³-hybridized carbons (Fsp3) is 0.385. The average molecular weight is 253 g/mol. The Labute approximate surface area is 105 Å². The number of likely N-dealkylation sites (N-methyl/N-ethyl adjacent to an activating group) is 1. The Morgan fingerprint density at radius 1 is 1.33 bits per heavy atom. The lowest BCUT2D eigenvalue weighted by Gasteiger charge is -2.16. The van der Waals surface area contributed by atoms with Crippen molar-refractivity contribution in [1.82, 2.24) is 4.90 Å². The predicted molar refractivity (Wildman–Crippen MR) is 64.4 cm³/mol. The Morgan fingerprint density at radius 2 is 2.00 bits per heavy atom. The van der Waals surface area contributed by atoms with Crippen molar-refractivity contribution in [2.24, 2.45) is 0 Å². The van der Waals surface area contributed by atoms with E-state index < -0.39 is 5.97 Å². The Balaban J connectivity index is 2.46. The Kier molecular flexibility index (Phi) is 5.30. The number of benzene rings is 1. The van der Waals surface area contributed by atoms with Crippen LogP contribution < -0.4 is 0 Å². The highest BCUT2D eigenvalue weighted by molar-refractivity contribution is 5.94. The third kappa shape index (κ3) is 4.16. The van der Waals surface area contributed by atoms with Crippen LogP contribution >= 0.6 is 0 Å². The molecule has 0 heterocycles. The van der Waals surface area contributed by atoms with E-state index >= 15 is 0 Å². The number of hydrogen-bond donors (Lipinski definition) is 0. The number of rotatable bonds is 5. The number of ether oxygens (including phenoxy) is 1. The minimum atomic E-state index is -0.572. The first-order valence-electron chi connectivity index (χ1n) is 5.58. The first-order chi connectivity index (χ1) is 8.54. The third-order valence-electron chi connectivity index (χ3n) is 2.62. The van der Waals surface area contributed by atoms with Gasteiger partial charge in [0.1, 0.15) is 12.2 Å².